The van der Waals surface area contributed by atoms with Crippen LogP contribution in [0.5, 0.6) is 5.75 Å². The van der Waals surface area contributed by atoms with Crippen molar-refractivity contribution in [1.82, 2.24) is 0 Å². The van der Waals surface area contributed by atoms with Gasteiger partial charge in [0, 0.05) is 13.2 Å². The lowest BCUT2D eigenvalue weighted by Crippen LogP contribution is -2.40. The molecule has 1 saturated heterocycles. The molecule has 1 N–H and O–H groups in total. The van der Waals surface area contributed by atoms with E-state index in [2.05, 4.69) is 0 Å². The summed E-state index contributed by atoms with van der Waals surface area (Å²) in [5.74, 6) is 0.344. The van der Waals surface area contributed by atoms with Crippen molar-refractivity contribution in [1.29, 1.82) is 0 Å². The second-order valence-electron chi connectivity index (χ2n) is 3.67. The number of benzene rings is 1. The van der Waals surface area contributed by atoms with E-state index in [0.29, 0.717) is 5.75 Å². The highest BCUT2D eigenvalue weighted by atomic mass is 16.6. The number of aryl methyl sites for hydroxylation is 1. The molecule has 15 heavy (non-hydrogen) atoms. The van der Waals surface area contributed by atoms with Gasteiger partial charge in [0.15, 0.2) is 0 Å². The molecule has 1 aromatic rings. The van der Waals surface area contributed by atoms with E-state index in [4.69, 9.17) is 9.31 Å². The maximum Gasteiger partial charge on any atom is 0.493 e. The molecule has 1 aliphatic heterocycles. The fourth-order valence-electron chi connectivity index (χ4n) is 1.72. The first-order valence-corrected chi connectivity index (χ1v) is 5.36. The van der Waals surface area contributed by atoms with Crippen LogP contribution in [-0.2, 0) is 15.7 Å². The minimum atomic E-state index is -0.260. The lowest BCUT2D eigenvalue weighted by atomic mass is 9.77. The largest absolute Gasteiger partial charge is 0.508 e. The number of phenols is 1. The molecule has 1 fully saturated rings. The third kappa shape index (κ3) is 2.33. The van der Waals surface area contributed by atoms with Gasteiger partial charge in [0.25, 0.3) is 0 Å². The van der Waals surface area contributed by atoms with Gasteiger partial charge in [-0.15, -0.1) is 0 Å². The average Bonchev–Trinajstić information content (AvgIpc) is 2.31. The monoisotopic (exact) mass is 206 g/mol. The first-order chi connectivity index (χ1) is 7.31. The fraction of sp³-hybridized carbons (Fsp3) is 0.455. The standard InChI is InChI=1S/C11H15BO3/c1-2-9-8-10(4-5-11(9)13)12-14-6-3-7-15-12/h4-5,8,13H,2-3,6-7H2,1H3. The topological polar surface area (TPSA) is 38.7 Å². The first-order valence-electron chi connectivity index (χ1n) is 5.36. The maximum absolute atomic E-state index is 9.55. The molecule has 2 rings (SSSR count). The molecule has 0 unspecified atom stereocenters. The van der Waals surface area contributed by atoms with Crippen LogP contribution in [0.1, 0.15) is 18.9 Å². The molecule has 4 heteroatoms. The van der Waals surface area contributed by atoms with Crippen LogP contribution in [0.15, 0.2) is 18.2 Å². The Bertz CT molecular complexity index is 335. The minimum absolute atomic E-state index is 0.260. The third-order valence-corrected chi connectivity index (χ3v) is 2.58. The van der Waals surface area contributed by atoms with E-state index >= 15 is 0 Å². The zero-order valence-electron chi connectivity index (χ0n) is 8.90. The number of rotatable bonds is 2. The Labute approximate surface area is 90.2 Å². The summed E-state index contributed by atoms with van der Waals surface area (Å²) in [5, 5.41) is 9.55. The van der Waals surface area contributed by atoms with E-state index in [1.54, 1.807) is 6.07 Å². The Morgan fingerprint density at radius 1 is 1.33 bits per heavy atom. The van der Waals surface area contributed by atoms with Crippen LogP contribution >= 0.6 is 0 Å². The number of phenolic OH excluding ortho intramolecular Hbond substituents is 1. The van der Waals surface area contributed by atoms with E-state index < -0.39 is 0 Å². The Morgan fingerprint density at radius 2 is 2.07 bits per heavy atom. The van der Waals surface area contributed by atoms with Gasteiger partial charge in [-0.3, -0.25) is 0 Å². The number of hydrogen-bond acceptors (Lipinski definition) is 3. The van der Waals surface area contributed by atoms with Gasteiger partial charge in [0.05, 0.1) is 0 Å². The molecule has 0 aromatic heterocycles. The molecule has 0 spiro atoms. The van der Waals surface area contributed by atoms with Crippen LogP contribution in [0, 0.1) is 0 Å². The minimum Gasteiger partial charge on any atom is -0.508 e. The SMILES string of the molecule is CCc1cc(B2OCCCO2)ccc1O. The highest BCUT2D eigenvalue weighted by molar-refractivity contribution is 6.61. The normalized spacial score (nSPS) is 16.7. The van der Waals surface area contributed by atoms with E-state index in [0.717, 1.165) is 37.1 Å². The zero-order valence-corrected chi connectivity index (χ0v) is 8.90. The third-order valence-electron chi connectivity index (χ3n) is 2.58. The molecule has 0 atom stereocenters. The van der Waals surface area contributed by atoms with E-state index in [1.807, 2.05) is 19.1 Å². The lowest BCUT2D eigenvalue weighted by molar-refractivity contribution is 0.143. The Kier molecular flexibility index (Phi) is 3.28. The Morgan fingerprint density at radius 3 is 2.73 bits per heavy atom. The summed E-state index contributed by atoms with van der Waals surface area (Å²) in [6, 6.07) is 5.51. The fourth-order valence-corrected chi connectivity index (χ4v) is 1.72. The van der Waals surface area contributed by atoms with Crippen molar-refractivity contribution in [3.63, 3.8) is 0 Å². The molecule has 80 valence electrons. The molecule has 1 heterocycles. The molecular weight excluding hydrogens is 191 g/mol. The molecule has 0 aliphatic carbocycles. The predicted molar refractivity (Wildman–Crippen MR) is 59.4 cm³/mol. The summed E-state index contributed by atoms with van der Waals surface area (Å²) in [6.07, 6.45) is 1.77. The summed E-state index contributed by atoms with van der Waals surface area (Å²) >= 11 is 0. The molecule has 3 nitrogen and oxygen atoms in total. The highest BCUT2D eigenvalue weighted by Crippen LogP contribution is 2.15. The van der Waals surface area contributed by atoms with Crippen LogP contribution in [0.25, 0.3) is 0 Å². The van der Waals surface area contributed by atoms with Gasteiger partial charge in [-0.05, 0) is 29.9 Å². The second-order valence-corrected chi connectivity index (χ2v) is 3.67. The zero-order chi connectivity index (χ0) is 10.7. The van der Waals surface area contributed by atoms with Crippen LogP contribution < -0.4 is 5.46 Å². The smallest absolute Gasteiger partial charge is 0.493 e. The van der Waals surface area contributed by atoms with Crippen LogP contribution in [0.2, 0.25) is 0 Å². The van der Waals surface area contributed by atoms with Crippen molar-refractivity contribution >= 4 is 12.6 Å². The predicted octanol–water partition coefficient (Wildman–Crippen LogP) is 1.09. The van der Waals surface area contributed by atoms with Crippen molar-refractivity contribution < 1.29 is 14.4 Å². The molecule has 0 saturated carbocycles. The average molecular weight is 206 g/mol. The van der Waals surface area contributed by atoms with Gasteiger partial charge < -0.3 is 14.4 Å². The number of aromatic hydroxyl groups is 1. The van der Waals surface area contributed by atoms with Crippen LogP contribution in [0.3, 0.4) is 0 Å². The van der Waals surface area contributed by atoms with Crippen LogP contribution in [-0.4, -0.2) is 25.4 Å². The summed E-state index contributed by atoms with van der Waals surface area (Å²) in [7, 11) is -0.260. The van der Waals surface area contributed by atoms with Gasteiger partial charge in [-0.2, -0.15) is 0 Å². The van der Waals surface area contributed by atoms with E-state index in [-0.39, 0.29) is 7.12 Å². The highest BCUT2D eigenvalue weighted by Gasteiger charge is 2.24. The Balaban J connectivity index is 2.20. The van der Waals surface area contributed by atoms with Crippen molar-refractivity contribution in [3.8, 4) is 5.75 Å². The summed E-state index contributed by atoms with van der Waals surface area (Å²) < 4.78 is 11.0. The molecule has 1 aliphatic rings. The lowest BCUT2D eigenvalue weighted by Gasteiger charge is -2.20. The van der Waals surface area contributed by atoms with Crippen LogP contribution in [0.4, 0.5) is 0 Å². The summed E-state index contributed by atoms with van der Waals surface area (Å²) in [4.78, 5) is 0. The first kappa shape index (κ1) is 10.5. The quantitative estimate of drug-likeness (QED) is 0.736. The van der Waals surface area contributed by atoms with Crippen molar-refractivity contribution in [2.45, 2.75) is 19.8 Å². The van der Waals surface area contributed by atoms with Crippen molar-refractivity contribution in [2.24, 2.45) is 0 Å². The van der Waals surface area contributed by atoms with Crippen molar-refractivity contribution in [3.05, 3.63) is 23.8 Å². The van der Waals surface area contributed by atoms with E-state index in [9.17, 15) is 5.11 Å². The summed E-state index contributed by atoms with van der Waals surface area (Å²) in [5.41, 5.74) is 1.93. The molecule has 0 bridgehead atoms. The molecular formula is C11H15BO3. The summed E-state index contributed by atoms with van der Waals surface area (Å²) in [6.45, 7) is 3.50. The molecule has 0 amide bonds. The maximum atomic E-state index is 9.55. The number of hydrogen-bond donors (Lipinski definition) is 1. The van der Waals surface area contributed by atoms with Gasteiger partial charge in [0.2, 0.25) is 0 Å². The molecule has 0 radical (unpaired) electrons. The second kappa shape index (κ2) is 4.68. The van der Waals surface area contributed by atoms with Gasteiger partial charge in [-0.1, -0.05) is 19.1 Å². The van der Waals surface area contributed by atoms with Gasteiger partial charge >= 0.3 is 7.12 Å². The van der Waals surface area contributed by atoms with Gasteiger partial charge in [-0.25, -0.2) is 0 Å². The Hall–Kier alpha value is -0.995. The molecule has 1 aromatic carbocycles. The van der Waals surface area contributed by atoms with Crippen molar-refractivity contribution in [2.75, 3.05) is 13.2 Å². The van der Waals surface area contributed by atoms with E-state index in [1.165, 1.54) is 0 Å². The van der Waals surface area contributed by atoms with Gasteiger partial charge in [0.1, 0.15) is 5.75 Å².